The van der Waals surface area contributed by atoms with Crippen LogP contribution in [0.15, 0.2) is 59.5 Å². The van der Waals surface area contributed by atoms with E-state index < -0.39 is 9.84 Å². The van der Waals surface area contributed by atoms with Crippen LogP contribution in [-0.4, -0.2) is 34.8 Å². The number of hydrogen-bond acceptors (Lipinski definition) is 6. The monoisotopic (exact) mass is 474 g/mol. The summed E-state index contributed by atoms with van der Waals surface area (Å²) >= 11 is 7.63. The van der Waals surface area contributed by atoms with Crippen LogP contribution in [0, 0.1) is 6.92 Å². The van der Waals surface area contributed by atoms with Crippen LogP contribution in [0.3, 0.4) is 0 Å². The smallest absolute Gasteiger partial charge is 0.225 e. The number of halogens is 1. The zero-order chi connectivity index (χ0) is 22.0. The number of carbonyl (C=O) groups is 1. The molecule has 0 atom stereocenters. The van der Waals surface area contributed by atoms with Crippen molar-refractivity contribution < 1.29 is 13.2 Å². The van der Waals surface area contributed by atoms with Gasteiger partial charge in [0.15, 0.2) is 9.84 Å². The number of anilines is 1. The van der Waals surface area contributed by atoms with Crippen molar-refractivity contribution in [3.63, 3.8) is 0 Å². The fourth-order valence-corrected chi connectivity index (χ4v) is 5.66. The summed E-state index contributed by atoms with van der Waals surface area (Å²) in [6.07, 6.45) is 0.287. The van der Waals surface area contributed by atoms with E-state index >= 15 is 0 Å². The fourth-order valence-electron chi connectivity index (χ4n) is 3.10. The van der Waals surface area contributed by atoms with Gasteiger partial charge in [0.05, 0.1) is 26.1 Å². The number of nitrogens with one attached hydrogen (secondary N) is 1. The van der Waals surface area contributed by atoms with E-state index in [-0.39, 0.29) is 29.4 Å². The van der Waals surface area contributed by atoms with Gasteiger partial charge in [-0.1, -0.05) is 47.2 Å². The number of hydrogen-bond donors (Lipinski definition) is 1. The van der Waals surface area contributed by atoms with E-state index in [0.29, 0.717) is 27.2 Å². The molecule has 2 aromatic heterocycles. The molecule has 4 rings (SSSR count). The predicted molar refractivity (Wildman–Crippen MR) is 123 cm³/mol. The molecule has 0 radical (unpaired) electrons. The SMILES string of the molecule is Cc1cc(NC(=O)CCCS(=O)(=O)c2ccccc2)n(-c2nc3c(Cl)cccc3s2)n1. The third kappa shape index (κ3) is 4.79. The van der Waals surface area contributed by atoms with Crippen molar-refractivity contribution in [1.82, 2.24) is 14.8 Å². The second kappa shape index (κ2) is 8.78. The van der Waals surface area contributed by atoms with Gasteiger partial charge in [-0.3, -0.25) is 4.79 Å². The maximum Gasteiger partial charge on any atom is 0.225 e. The summed E-state index contributed by atoms with van der Waals surface area (Å²) in [5.41, 5.74) is 1.40. The molecule has 0 saturated carbocycles. The lowest BCUT2D eigenvalue weighted by Gasteiger charge is -2.07. The van der Waals surface area contributed by atoms with E-state index in [1.165, 1.54) is 11.3 Å². The maximum absolute atomic E-state index is 12.5. The molecule has 1 N–H and O–H groups in total. The summed E-state index contributed by atoms with van der Waals surface area (Å²) in [7, 11) is -3.41. The Morgan fingerprint density at radius 2 is 1.94 bits per heavy atom. The molecule has 0 aliphatic rings. The predicted octanol–water partition coefficient (Wildman–Crippen LogP) is 4.64. The molecule has 1 amide bonds. The largest absolute Gasteiger partial charge is 0.311 e. The van der Waals surface area contributed by atoms with Crippen LogP contribution >= 0.6 is 22.9 Å². The highest BCUT2D eigenvalue weighted by atomic mass is 35.5. The molecule has 2 aromatic carbocycles. The Hall–Kier alpha value is -2.75. The number of aryl methyl sites for hydroxylation is 1. The third-order valence-electron chi connectivity index (χ3n) is 4.56. The number of thiazole rings is 1. The number of carbonyl (C=O) groups excluding carboxylic acids is 1. The number of benzene rings is 2. The number of amides is 1. The second-order valence-corrected chi connectivity index (χ2v) is 10.5. The fraction of sp³-hybridized carbons (Fsp3) is 0.190. The Labute approximate surface area is 188 Å². The molecule has 0 bridgehead atoms. The molecule has 0 fully saturated rings. The van der Waals surface area contributed by atoms with Gasteiger partial charge in [-0.15, -0.1) is 0 Å². The minimum absolute atomic E-state index is 0.0714. The minimum atomic E-state index is -3.41. The summed E-state index contributed by atoms with van der Waals surface area (Å²) in [5, 5.41) is 8.38. The molecule has 0 spiro atoms. The van der Waals surface area contributed by atoms with Gasteiger partial charge in [0.25, 0.3) is 0 Å². The molecule has 160 valence electrons. The Morgan fingerprint density at radius 1 is 1.16 bits per heavy atom. The summed E-state index contributed by atoms with van der Waals surface area (Å²) in [6.45, 7) is 1.82. The Balaban J connectivity index is 1.45. The first-order valence-corrected chi connectivity index (χ1v) is 12.4. The number of sulfone groups is 1. The highest BCUT2D eigenvalue weighted by Crippen LogP contribution is 2.31. The van der Waals surface area contributed by atoms with Crippen molar-refractivity contribution in [2.45, 2.75) is 24.7 Å². The minimum Gasteiger partial charge on any atom is -0.311 e. The Kier molecular flexibility index (Phi) is 6.08. The summed E-state index contributed by atoms with van der Waals surface area (Å²) in [4.78, 5) is 17.3. The van der Waals surface area contributed by atoms with Gasteiger partial charge in [0.2, 0.25) is 11.0 Å². The molecule has 2 heterocycles. The first-order chi connectivity index (χ1) is 14.8. The Bertz CT molecular complexity index is 1350. The van der Waals surface area contributed by atoms with Crippen molar-refractivity contribution in [2.75, 3.05) is 11.1 Å². The molecule has 0 unspecified atom stereocenters. The summed E-state index contributed by atoms with van der Waals surface area (Å²) in [6, 6.07) is 15.5. The molecular formula is C21H19ClN4O3S2. The lowest BCUT2D eigenvalue weighted by Crippen LogP contribution is -2.16. The normalized spacial score (nSPS) is 11.7. The first kappa shape index (κ1) is 21.5. The lowest BCUT2D eigenvalue weighted by molar-refractivity contribution is -0.116. The average molecular weight is 475 g/mol. The Morgan fingerprint density at radius 3 is 2.68 bits per heavy atom. The number of fused-ring (bicyclic) bond motifs is 1. The van der Waals surface area contributed by atoms with E-state index in [0.717, 1.165) is 4.70 Å². The van der Waals surface area contributed by atoms with Crippen molar-refractivity contribution in [2.24, 2.45) is 0 Å². The van der Waals surface area contributed by atoms with Crippen molar-refractivity contribution in [3.8, 4) is 5.13 Å². The van der Waals surface area contributed by atoms with Gasteiger partial charge >= 0.3 is 0 Å². The van der Waals surface area contributed by atoms with E-state index in [1.807, 2.05) is 19.1 Å². The van der Waals surface area contributed by atoms with Crippen LogP contribution in [0.5, 0.6) is 0 Å². The zero-order valence-electron chi connectivity index (χ0n) is 16.6. The van der Waals surface area contributed by atoms with E-state index in [9.17, 15) is 13.2 Å². The van der Waals surface area contributed by atoms with Crippen LogP contribution < -0.4 is 5.32 Å². The first-order valence-electron chi connectivity index (χ1n) is 9.53. The quantitative estimate of drug-likeness (QED) is 0.421. The maximum atomic E-state index is 12.5. The molecule has 0 saturated heterocycles. The number of nitrogens with zero attached hydrogens (tertiary/aromatic N) is 3. The van der Waals surface area contributed by atoms with Crippen LogP contribution in [0.4, 0.5) is 5.82 Å². The highest BCUT2D eigenvalue weighted by Gasteiger charge is 2.17. The highest BCUT2D eigenvalue weighted by molar-refractivity contribution is 7.91. The summed E-state index contributed by atoms with van der Waals surface area (Å²) in [5.74, 6) is 0.0891. The van der Waals surface area contributed by atoms with Crippen molar-refractivity contribution in [1.29, 1.82) is 0 Å². The van der Waals surface area contributed by atoms with Gasteiger partial charge < -0.3 is 5.32 Å². The number of para-hydroxylation sites is 1. The number of rotatable bonds is 7. The second-order valence-electron chi connectivity index (χ2n) is 6.95. The van der Waals surface area contributed by atoms with E-state index in [4.69, 9.17) is 11.6 Å². The van der Waals surface area contributed by atoms with Crippen LogP contribution in [0.1, 0.15) is 18.5 Å². The topological polar surface area (TPSA) is 94.0 Å². The van der Waals surface area contributed by atoms with Crippen LogP contribution in [0.2, 0.25) is 5.02 Å². The van der Waals surface area contributed by atoms with Gasteiger partial charge in [-0.2, -0.15) is 9.78 Å². The molecular weight excluding hydrogens is 456 g/mol. The van der Waals surface area contributed by atoms with E-state index in [1.54, 1.807) is 47.1 Å². The molecule has 4 aromatic rings. The zero-order valence-corrected chi connectivity index (χ0v) is 19.0. The average Bonchev–Trinajstić information content (AvgIpc) is 3.32. The van der Waals surface area contributed by atoms with E-state index in [2.05, 4.69) is 15.4 Å². The molecule has 10 heteroatoms. The molecule has 0 aliphatic heterocycles. The van der Waals surface area contributed by atoms with Crippen molar-refractivity contribution >= 4 is 54.7 Å². The molecule has 7 nitrogen and oxygen atoms in total. The van der Waals surface area contributed by atoms with Gasteiger partial charge in [0.1, 0.15) is 11.3 Å². The van der Waals surface area contributed by atoms with Crippen LogP contribution in [0.25, 0.3) is 15.3 Å². The van der Waals surface area contributed by atoms with Gasteiger partial charge in [-0.05, 0) is 37.6 Å². The lowest BCUT2D eigenvalue weighted by atomic mass is 10.3. The van der Waals surface area contributed by atoms with Gasteiger partial charge in [-0.25, -0.2) is 13.4 Å². The molecule has 31 heavy (non-hydrogen) atoms. The standard InChI is InChI=1S/C21H19ClN4O3S2/c1-14-13-18(26(25-14)21-24-20-16(22)9-5-10-17(20)30-21)23-19(27)11-6-12-31(28,29)15-7-3-2-4-8-15/h2-5,7-10,13H,6,11-12H2,1H3,(H,23,27). The van der Waals surface area contributed by atoms with Crippen LogP contribution in [-0.2, 0) is 14.6 Å². The third-order valence-corrected chi connectivity index (χ3v) is 7.68. The summed E-state index contributed by atoms with van der Waals surface area (Å²) < 4.78 is 27.2. The van der Waals surface area contributed by atoms with Gasteiger partial charge in [0, 0.05) is 12.5 Å². The van der Waals surface area contributed by atoms with Crippen molar-refractivity contribution in [3.05, 3.63) is 65.3 Å². The number of aromatic nitrogens is 3. The molecule has 0 aliphatic carbocycles.